The molecule has 1 spiro atoms. The van der Waals surface area contributed by atoms with Gasteiger partial charge in [-0.15, -0.1) is 0 Å². The van der Waals surface area contributed by atoms with Crippen LogP contribution in [0.3, 0.4) is 0 Å². The summed E-state index contributed by atoms with van der Waals surface area (Å²) < 4.78 is 11.2. The molecule has 1 N–H and O–H groups in total. The molecule has 9 nitrogen and oxygen atoms in total. The van der Waals surface area contributed by atoms with Crippen molar-refractivity contribution in [1.82, 2.24) is 14.9 Å². The van der Waals surface area contributed by atoms with Crippen molar-refractivity contribution in [1.29, 1.82) is 0 Å². The summed E-state index contributed by atoms with van der Waals surface area (Å²) in [6.45, 7) is 7.66. The van der Waals surface area contributed by atoms with Crippen molar-refractivity contribution < 1.29 is 19.1 Å². The molecule has 0 radical (unpaired) electrons. The van der Waals surface area contributed by atoms with E-state index in [-0.39, 0.29) is 24.2 Å². The van der Waals surface area contributed by atoms with Gasteiger partial charge in [-0.05, 0) is 49.3 Å². The Kier molecular flexibility index (Phi) is 4.98. The third-order valence-corrected chi connectivity index (χ3v) is 7.57. The third-order valence-electron chi connectivity index (χ3n) is 7.57. The van der Waals surface area contributed by atoms with Gasteiger partial charge >= 0.3 is 6.09 Å². The van der Waals surface area contributed by atoms with Crippen LogP contribution in [0.5, 0.6) is 5.88 Å². The number of anilines is 2. The highest BCUT2D eigenvalue weighted by Crippen LogP contribution is 2.37. The fourth-order valence-electron chi connectivity index (χ4n) is 5.92. The molecular weight excluding hydrogens is 434 g/mol. The molecule has 1 aromatic heterocycles. The van der Waals surface area contributed by atoms with E-state index in [1.54, 1.807) is 0 Å². The second kappa shape index (κ2) is 7.94. The molecule has 2 fully saturated rings. The van der Waals surface area contributed by atoms with Gasteiger partial charge in [0.25, 0.3) is 11.8 Å². The van der Waals surface area contributed by atoms with Crippen molar-refractivity contribution in [2.75, 3.05) is 43.0 Å². The number of aromatic nitrogens is 2. The maximum atomic E-state index is 12.7. The van der Waals surface area contributed by atoms with E-state index in [0.29, 0.717) is 18.3 Å². The minimum Gasteiger partial charge on any atom is -0.465 e. The number of amides is 2. The number of hydrogen-bond acceptors (Lipinski definition) is 7. The van der Waals surface area contributed by atoms with E-state index >= 15 is 0 Å². The maximum absolute atomic E-state index is 12.7. The number of ether oxygens (including phenoxy) is 2. The van der Waals surface area contributed by atoms with Gasteiger partial charge in [0, 0.05) is 32.5 Å². The Labute approximate surface area is 198 Å². The van der Waals surface area contributed by atoms with Gasteiger partial charge in [0.1, 0.15) is 5.60 Å². The van der Waals surface area contributed by atoms with Gasteiger partial charge in [0.05, 0.1) is 12.7 Å². The van der Waals surface area contributed by atoms with E-state index in [1.807, 2.05) is 0 Å². The predicted octanol–water partition coefficient (Wildman–Crippen LogP) is 2.63. The summed E-state index contributed by atoms with van der Waals surface area (Å²) in [6.07, 6.45) is 4.98. The maximum Gasteiger partial charge on any atom is 0.416 e. The molecule has 4 aliphatic rings. The lowest BCUT2D eigenvalue weighted by molar-refractivity contribution is -0.118. The molecular formula is C25H29N5O4. The van der Waals surface area contributed by atoms with E-state index in [1.165, 1.54) is 33.4 Å². The summed E-state index contributed by atoms with van der Waals surface area (Å²) in [5.41, 5.74) is 5.32. The molecule has 1 unspecified atom stereocenters. The number of piperidine rings is 1. The molecule has 2 aromatic rings. The standard InChI is InChI=1S/C25H29N5O4/c1-15-7-16(2)19-10-17(9-18(19)8-15)12-29-5-3-25(4-6-29)14-30(24(32)34-25)20-11-26-23-22(27-20)28-21(31)13-33-23/h7-8,11,17H,3-6,9-10,12-14H2,1-2H3,(H,27,28,31). The number of benzene rings is 1. The summed E-state index contributed by atoms with van der Waals surface area (Å²) in [5.74, 6) is 1.22. The average molecular weight is 464 g/mol. The van der Waals surface area contributed by atoms with Gasteiger partial charge in [-0.1, -0.05) is 17.7 Å². The van der Waals surface area contributed by atoms with Crippen LogP contribution in [0, 0.1) is 19.8 Å². The number of likely N-dealkylation sites (tertiary alicyclic amines) is 1. The Hall–Kier alpha value is -3.20. The quantitative estimate of drug-likeness (QED) is 0.747. The average Bonchev–Trinajstić information content (AvgIpc) is 3.35. The van der Waals surface area contributed by atoms with Crippen LogP contribution in [-0.2, 0) is 22.4 Å². The van der Waals surface area contributed by atoms with Gasteiger partial charge in [-0.25, -0.2) is 14.8 Å². The van der Waals surface area contributed by atoms with Crippen molar-refractivity contribution in [3.8, 4) is 5.88 Å². The highest BCUT2D eigenvalue weighted by Gasteiger charge is 2.48. The van der Waals surface area contributed by atoms with Crippen LogP contribution in [0.25, 0.3) is 0 Å². The molecule has 2 amide bonds. The van der Waals surface area contributed by atoms with Crippen LogP contribution in [-0.4, -0.2) is 65.3 Å². The second-order valence-corrected chi connectivity index (χ2v) is 10.2. The molecule has 6 rings (SSSR count). The number of hydrogen-bond donors (Lipinski definition) is 1. The van der Waals surface area contributed by atoms with Crippen molar-refractivity contribution >= 4 is 23.6 Å². The van der Waals surface area contributed by atoms with Gasteiger partial charge in [-0.3, -0.25) is 9.69 Å². The SMILES string of the molecule is Cc1cc(C)c2c(c1)CC(CN1CCC3(CC1)CN(c1cnc4c(n1)NC(=O)CO4)C(=O)O3)C2. The summed E-state index contributed by atoms with van der Waals surface area (Å²) >= 11 is 0. The first kappa shape index (κ1) is 21.3. The largest absolute Gasteiger partial charge is 0.465 e. The lowest BCUT2D eigenvalue weighted by Crippen LogP contribution is -2.48. The summed E-state index contributed by atoms with van der Waals surface area (Å²) in [7, 11) is 0. The van der Waals surface area contributed by atoms with Crippen molar-refractivity contribution in [2.24, 2.45) is 5.92 Å². The van der Waals surface area contributed by atoms with Crippen LogP contribution < -0.4 is 15.0 Å². The first-order chi connectivity index (χ1) is 16.4. The minimum absolute atomic E-state index is 0.0847. The zero-order valence-corrected chi connectivity index (χ0v) is 19.6. The van der Waals surface area contributed by atoms with Gasteiger partial charge < -0.3 is 19.7 Å². The number of nitrogens with one attached hydrogen (secondary N) is 1. The lowest BCUT2D eigenvalue weighted by Gasteiger charge is -2.38. The number of nitrogens with zero attached hydrogens (tertiary/aromatic N) is 4. The number of rotatable bonds is 3. The summed E-state index contributed by atoms with van der Waals surface area (Å²) in [5, 5.41) is 2.64. The monoisotopic (exact) mass is 463 g/mol. The fraction of sp³-hybridized carbons (Fsp3) is 0.520. The van der Waals surface area contributed by atoms with Crippen molar-refractivity contribution in [2.45, 2.75) is 45.1 Å². The zero-order chi connectivity index (χ0) is 23.4. The van der Waals surface area contributed by atoms with Gasteiger partial charge in [0.15, 0.2) is 18.2 Å². The number of fused-ring (bicyclic) bond motifs is 2. The lowest BCUT2D eigenvalue weighted by atomic mass is 9.90. The Morgan fingerprint density at radius 1 is 1.18 bits per heavy atom. The number of aryl methyl sites for hydroxylation is 2. The summed E-state index contributed by atoms with van der Waals surface area (Å²) in [4.78, 5) is 37.0. The molecule has 178 valence electrons. The Morgan fingerprint density at radius 3 is 2.82 bits per heavy atom. The molecule has 0 bridgehead atoms. The molecule has 1 aliphatic carbocycles. The van der Waals surface area contributed by atoms with E-state index in [9.17, 15) is 9.59 Å². The van der Waals surface area contributed by atoms with Gasteiger partial charge in [-0.2, -0.15) is 0 Å². The first-order valence-corrected chi connectivity index (χ1v) is 12.0. The first-order valence-electron chi connectivity index (χ1n) is 12.0. The van der Waals surface area contributed by atoms with E-state index in [0.717, 1.165) is 45.3 Å². The number of carbonyl (C=O) groups is 2. The van der Waals surface area contributed by atoms with Crippen LogP contribution in [0.1, 0.15) is 35.1 Å². The Bertz CT molecular complexity index is 1170. The molecule has 34 heavy (non-hydrogen) atoms. The molecule has 9 heteroatoms. The second-order valence-electron chi connectivity index (χ2n) is 10.2. The Balaban J connectivity index is 1.08. The van der Waals surface area contributed by atoms with E-state index < -0.39 is 11.7 Å². The van der Waals surface area contributed by atoms with Crippen LogP contribution >= 0.6 is 0 Å². The molecule has 1 atom stereocenters. The highest BCUT2D eigenvalue weighted by molar-refractivity contribution is 5.94. The Morgan fingerprint density at radius 2 is 2.00 bits per heavy atom. The van der Waals surface area contributed by atoms with E-state index in [4.69, 9.17) is 9.47 Å². The molecule has 3 aliphatic heterocycles. The molecule has 0 saturated carbocycles. The fourth-order valence-corrected chi connectivity index (χ4v) is 5.92. The smallest absolute Gasteiger partial charge is 0.416 e. The summed E-state index contributed by atoms with van der Waals surface area (Å²) in [6, 6.07) is 4.64. The van der Waals surface area contributed by atoms with Crippen molar-refractivity contribution in [3.05, 3.63) is 40.6 Å². The van der Waals surface area contributed by atoms with Crippen LogP contribution in [0.15, 0.2) is 18.3 Å². The van der Waals surface area contributed by atoms with Crippen molar-refractivity contribution in [3.63, 3.8) is 0 Å². The topological polar surface area (TPSA) is 96.9 Å². The van der Waals surface area contributed by atoms with Crippen LogP contribution in [0.2, 0.25) is 0 Å². The highest BCUT2D eigenvalue weighted by atomic mass is 16.6. The third kappa shape index (κ3) is 3.77. The van der Waals surface area contributed by atoms with Gasteiger partial charge in [0.2, 0.25) is 0 Å². The minimum atomic E-state index is -0.503. The molecule has 2 saturated heterocycles. The molecule has 4 heterocycles. The van der Waals surface area contributed by atoms with Crippen LogP contribution in [0.4, 0.5) is 16.4 Å². The normalized spacial score (nSPS) is 23.4. The molecule has 1 aromatic carbocycles. The van der Waals surface area contributed by atoms with E-state index in [2.05, 4.69) is 46.2 Å². The predicted molar refractivity (Wildman–Crippen MR) is 125 cm³/mol. The zero-order valence-electron chi connectivity index (χ0n) is 19.6. The number of carbonyl (C=O) groups excluding carboxylic acids is 2.